The van der Waals surface area contributed by atoms with Gasteiger partial charge < -0.3 is 9.30 Å². The average Bonchev–Trinajstić information content (AvgIpc) is 3.65. The van der Waals surface area contributed by atoms with Crippen LogP contribution in [-0.2, 0) is 32.9 Å². The van der Waals surface area contributed by atoms with Crippen LogP contribution in [0.2, 0.25) is 0 Å². The molecule has 268 valence electrons. The third-order valence-corrected chi connectivity index (χ3v) is 9.50. The fraction of sp³-hybridized carbons (Fsp3) is 0.304. The number of pyridine rings is 1. The molecule has 0 unspecified atom stereocenters. The van der Waals surface area contributed by atoms with E-state index in [1.807, 2.05) is 24.4 Å². The van der Waals surface area contributed by atoms with Crippen molar-refractivity contribution in [3.8, 4) is 34.1 Å². The van der Waals surface area contributed by atoms with Gasteiger partial charge in [-0.25, -0.2) is 4.98 Å². The zero-order valence-electron chi connectivity index (χ0n) is 31.7. The van der Waals surface area contributed by atoms with Crippen LogP contribution in [0.25, 0.3) is 44.4 Å². The van der Waals surface area contributed by atoms with Gasteiger partial charge in [-0.3, -0.25) is 4.68 Å². The van der Waals surface area contributed by atoms with Crippen molar-refractivity contribution >= 4 is 21.8 Å². The number of hydrogen-bond acceptors (Lipinski definition) is 3. The molecule has 7 rings (SSSR count). The van der Waals surface area contributed by atoms with Crippen LogP contribution in [0.3, 0.4) is 0 Å². The van der Waals surface area contributed by atoms with E-state index in [1.54, 1.807) is 0 Å². The first-order valence-electron chi connectivity index (χ1n) is 18.2. The Balaban J connectivity index is 0.00000464. The molecule has 0 N–H and O–H groups in total. The van der Waals surface area contributed by atoms with Crippen LogP contribution in [0.4, 0.5) is 0 Å². The molecule has 0 aliphatic carbocycles. The summed E-state index contributed by atoms with van der Waals surface area (Å²) in [5.74, 6) is 3.16. The van der Waals surface area contributed by atoms with E-state index >= 15 is 0 Å². The van der Waals surface area contributed by atoms with Gasteiger partial charge in [0.05, 0.1) is 11.4 Å². The van der Waals surface area contributed by atoms with Crippen molar-refractivity contribution in [1.29, 1.82) is 0 Å². The van der Waals surface area contributed by atoms with Gasteiger partial charge in [0.15, 0.2) is 0 Å². The van der Waals surface area contributed by atoms with Crippen LogP contribution < -0.4 is 4.74 Å². The van der Waals surface area contributed by atoms with Crippen molar-refractivity contribution < 1.29 is 25.8 Å². The molecule has 0 aliphatic heterocycles. The SMILES string of the molecule is CC(C)Cc1ccc2c(c1)c1ccc(Oc3[c-]c(-n4nc(C(C)C)c(-c5ccccc5)c4C(C)C)ccc3)[c-]c1n2-c1cc(C(C)(C)C)ccn1.[Pt+2]. The van der Waals surface area contributed by atoms with Crippen molar-refractivity contribution in [1.82, 2.24) is 19.3 Å². The molecule has 3 heterocycles. The Bertz CT molecular complexity index is 2340. The molecule has 4 aromatic carbocycles. The van der Waals surface area contributed by atoms with Crippen LogP contribution in [0.15, 0.2) is 97.2 Å². The summed E-state index contributed by atoms with van der Waals surface area (Å²) in [5, 5.41) is 7.51. The van der Waals surface area contributed by atoms with Gasteiger partial charge in [-0.15, -0.1) is 35.7 Å². The van der Waals surface area contributed by atoms with Gasteiger partial charge in [0.2, 0.25) is 0 Å². The van der Waals surface area contributed by atoms with Crippen LogP contribution in [0, 0.1) is 18.1 Å². The number of ether oxygens (including phenoxy) is 1. The molecular formula is C46H48N4OPt. The van der Waals surface area contributed by atoms with Crippen molar-refractivity contribution in [2.24, 2.45) is 5.92 Å². The number of fused-ring (bicyclic) bond motifs is 3. The Morgan fingerprint density at radius 3 is 2.19 bits per heavy atom. The van der Waals surface area contributed by atoms with E-state index in [1.165, 1.54) is 27.6 Å². The molecule has 0 amide bonds. The first-order chi connectivity index (χ1) is 24.4. The van der Waals surface area contributed by atoms with Crippen LogP contribution in [0.1, 0.15) is 96.7 Å². The van der Waals surface area contributed by atoms with Crippen molar-refractivity contribution in [3.05, 3.63) is 132 Å². The molecule has 0 atom stereocenters. The molecule has 5 nitrogen and oxygen atoms in total. The smallest absolute Gasteiger partial charge is 0.509 e. The predicted molar refractivity (Wildman–Crippen MR) is 211 cm³/mol. The first-order valence-corrected chi connectivity index (χ1v) is 18.2. The van der Waals surface area contributed by atoms with E-state index in [0.717, 1.165) is 45.7 Å². The summed E-state index contributed by atoms with van der Waals surface area (Å²) in [6.45, 7) is 20.1. The Kier molecular flexibility index (Phi) is 10.7. The van der Waals surface area contributed by atoms with Crippen LogP contribution >= 0.6 is 0 Å². The molecule has 6 heteroatoms. The molecule has 7 aromatic rings. The molecule has 0 bridgehead atoms. The Morgan fingerprint density at radius 1 is 0.750 bits per heavy atom. The first kappa shape index (κ1) is 37.3. The minimum Gasteiger partial charge on any atom is -0.509 e. The summed E-state index contributed by atoms with van der Waals surface area (Å²) in [4.78, 5) is 4.88. The monoisotopic (exact) mass is 867 g/mol. The minimum absolute atomic E-state index is 0. The predicted octanol–water partition coefficient (Wildman–Crippen LogP) is 12.2. The Labute approximate surface area is 323 Å². The molecule has 0 radical (unpaired) electrons. The second kappa shape index (κ2) is 14.9. The number of hydrogen-bond donors (Lipinski definition) is 0. The van der Waals surface area contributed by atoms with Crippen molar-refractivity contribution in [3.63, 3.8) is 0 Å². The zero-order valence-corrected chi connectivity index (χ0v) is 34.0. The summed E-state index contributed by atoms with van der Waals surface area (Å²) in [6.07, 6.45) is 2.94. The van der Waals surface area contributed by atoms with E-state index in [9.17, 15) is 0 Å². The van der Waals surface area contributed by atoms with E-state index < -0.39 is 0 Å². The van der Waals surface area contributed by atoms with E-state index in [0.29, 0.717) is 17.4 Å². The minimum atomic E-state index is -0.0124. The largest absolute Gasteiger partial charge is 2.00 e. The van der Waals surface area contributed by atoms with Gasteiger partial charge in [0.1, 0.15) is 5.82 Å². The summed E-state index contributed by atoms with van der Waals surface area (Å²) in [6, 6.07) is 39.1. The topological polar surface area (TPSA) is 44.9 Å². The molecule has 0 fully saturated rings. The average molecular weight is 868 g/mol. The quantitative estimate of drug-likeness (QED) is 0.136. The van der Waals surface area contributed by atoms with Gasteiger partial charge in [-0.05, 0) is 75.6 Å². The number of benzene rings is 4. The van der Waals surface area contributed by atoms with E-state index in [-0.39, 0.29) is 38.3 Å². The summed E-state index contributed by atoms with van der Waals surface area (Å²) in [5.41, 5.74) is 10.1. The molecule has 0 aliphatic rings. The Morgan fingerprint density at radius 2 is 1.50 bits per heavy atom. The zero-order chi connectivity index (χ0) is 36.0. The molecule has 0 saturated carbocycles. The molecule has 0 saturated heterocycles. The third kappa shape index (κ3) is 7.26. The number of aromatic nitrogens is 4. The van der Waals surface area contributed by atoms with Crippen LogP contribution in [0.5, 0.6) is 11.5 Å². The van der Waals surface area contributed by atoms with E-state index in [4.69, 9.17) is 14.8 Å². The maximum Gasteiger partial charge on any atom is 2.00 e. The molecule has 52 heavy (non-hydrogen) atoms. The summed E-state index contributed by atoms with van der Waals surface area (Å²) in [7, 11) is 0. The van der Waals surface area contributed by atoms with Gasteiger partial charge in [-0.2, -0.15) is 17.2 Å². The number of rotatable bonds is 9. The van der Waals surface area contributed by atoms with Gasteiger partial charge in [0.25, 0.3) is 0 Å². The summed E-state index contributed by atoms with van der Waals surface area (Å²) < 4.78 is 10.9. The van der Waals surface area contributed by atoms with Crippen molar-refractivity contribution in [2.75, 3.05) is 0 Å². The maximum atomic E-state index is 6.57. The number of nitrogens with zero attached hydrogens (tertiary/aromatic N) is 4. The summed E-state index contributed by atoms with van der Waals surface area (Å²) >= 11 is 0. The molecule has 0 spiro atoms. The molecular weight excluding hydrogens is 820 g/mol. The van der Waals surface area contributed by atoms with Gasteiger partial charge >= 0.3 is 21.1 Å². The second-order valence-corrected chi connectivity index (χ2v) is 15.8. The standard InChI is InChI=1S/C46H48N4O.Pt/c1-29(2)24-32-18-21-40-39(25-32)38-20-19-37(28-41(38)49(40)42-26-34(22-23-47-42)46(7,8)9)51-36-17-13-16-35(27-36)50-45(31(5)6)43(44(48-50)30(3)4)33-14-11-10-12-15-33;/h10-23,25-26,29-31H,24H2,1-9H3;/q-2;+2. The van der Waals surface area contributed by atoms with Crippen molar-refractivity contribution in [2.45, 2.75) is 86.0 Å². The fourth-order valence-corrected chi connectivity index (χ4v) is 7.08. The normalized spacial score (nSPS) is 12.0. The Hall–Kier alpha value is -4.47. The fourth-order valence-electron chi connectivity index (χ4n) is 7.08. The van der Waals surface area contributed by atoms with E-state index in [2.05, 4.69) is 156 Å². The second-order valence-electron chi connectivity index (χ2n) is 15.8. The third-order valence-electron chi connectivity index (χ3n) is 9.50. The van der Waals surface area contributed by atoms with Crippen LogP contribution in [-0.4, -0.2) is 19.3 Å². The van der Waals surface area contributed by atoms with Gasteiger partial charge in [0, 0.05) is 28.8 Å². The maximum absolute atomic E-state index is 6.57. The molecule has 3 aromatic heterocycles. The van der Waals surface area contributed by atoms with Gasteiger partial charge in [-0.1, -0.05) is 110 Å².